The molecule has 1 aromatic heterocycles. The van der Waals surface area contributed by atoms with Gasteiger partial charge < -0.3 is 10.1 Å². The summed E-state index contributed by atoms with van der Waals surface area (Å²) in [6.07, 6.45) is 4.09. The highest BCUT2D eigenvalue weighted by atomic mass is 32.2. The number of carbonyl (C=O) groups excluding carboxylic acids is 1. The fourth-order valence-corrected chi connectivity index (χ4v) is 6.48. The Hall–Kier alpha value is -2.38. The molecule has 12 heteroatoms. The van der Waals surface area contributed by atoms with Crippen LogP contribution >= 0.6 is 0 Å². The van der Waals surface area contributed by atoms with E-state index in [-0.39, 0.29) is 41.2 Å². The summed E-state index contributed by atoms with van der Waals surface area (Å²) in [6, 6.07) is 8.66. The molecule has 2 aliphatic rings. The highest BCUT2D eigenvalue weighted by Crippen LogP contribution is 2.31. The number of sulfonamides is 2. The minimum Gasteiger partial charge on any atom is -0.379 e. The molecule has 2 aromatic rings. The third-order valence-corrected chi connectivity index (χ3v) is 9.00. The van der Waals surface area contributed by atoms with Gasteiger partial charge in [-0.3, -0.25) is 9.78 Å². The van der Waals surface area contributed by atoms with Crippen molar-refractivity contribution in [1.29, 1.82) is 0 Å². The van der Waals surface area contributed by atoms with Crippen LogP contribution in [0.5, 0.6) is 0 Å². The zero-order valence-electron chi connectivity index (χ0n) is 17.3. The summed E-state index contributed by atoms with van der Waals surface area (Å²) in [5.41, 5.74) is 0.277. The predicted octanol–water partition coefficient (Wildman–Crippen LogP) is 0.894. The zero-order chi connectivity index (χ0) is 22.8. The summed E-state index contributed by atoms with van der Waals surface area (Å²) in [7, 11) is -7.59. The molecule has 0 atom stereocenters. The van der Waals surface area contributed by atoms with E-state index in [9.17, 15) is 21.6 Å². The molecule has 0 spiro atoms. The Balaban J connectivity index is 1.48. The van der Waals surface area contributed by atoms with E-state index in [4.69, 9.17) is 4.74 Å². The number of anilines is 1. The van der Waals surface area contributed by atoms with E-state index in [0.717, 1.165) is 0 Å². The van der Waals surface area contributed by atoms with Crippen molar-refractivity contribution in [3.05, 3.63) is 48.8 Å². The van der Waals surface area contributed by atoms with Crippen LogP contribution < -0.4 is 5.32 Å². The molecule has 1 N–H and O–H groups in total. The second kappa shape index (κ2) is 9.24. The lowest BCUT2D eigenvalue weighted by Gasteiger charge is -2.26. The minimum absolute atomic E-state index is 0.0262. The van der Waals surface area contributed by atoms with Crippen molar-refractivity contribution in [2.24, 2.45) is 0 Å². The molecule has 10 nitrogen and oxygen atoms in total. The van der Waals surface area contributed by atoms with E-state index in [0.29, 0.717) is 26.1 Å². The van der Waals surface area contributed by atoms with Crippen LogP contribution in [-0.4, -0.2) is 75.2 Å². The second-order valence-electron chi connectivity index (χ2n) is 7.56. The van der Waals surface area contributed by atoms with Gasteiger partial charge in [0, 0.05) is 37.2 Å². The molecular formula is C20H24N4O6S2. The number of hydrogen-bond acceptors (Lipinski definition) is 7. The number of amides is 1. The average Bonchev–Trinajstić information content (AvgIpc) is 3.64. The van der Waals surface area contributed by atoms with Crippen LogP contribution in [0.25, 0.3) is 0 Å². The number of ether oxygens (including phenoxy) is 1. The van der Waals surface area contributed by atoms with Gasteiger partial charge in [0.15, 0.2) is 0 Å². The Bertz CT molecular complexity index is 1180. The third kappa shape index (κ3) is 4.99. The lowest BCUT2D eigenvalue weighted by Crippen LogP contribution is -2.40. The second-order valence-corrected chi connectivity index (χ2v) is 11.4. The molecule has 32 heavy (non-hydrogen) atoms. The number of aromatic nitrogens is 1. The van der Waals surface area contributed by atoms with E-state index in [1.807, 2.05) is 0 Å². The lowest BCUT2D eigenvalue weighted by atomic mass is 10.3. The van der Waals surface area contributed by atoms with Crippen molar-refractivity contribution in [2.45, 2.75) is 28.7 Å². The lowest BCUT2D eigenvalue weighted by molar-refractivity contribution is -0.116. The van der Waals surface area contributed by atoms with Gasteiger partial charge >= 0.3 is 0 Å². The molecule has 2 fully saturated rings. The van der Waals surface area contributed by atoms with Crippen molar-refractivity contribution in [3.63, 3.8) is 0 Å². The van der Waals surface area contributed by atoms with Crippen LogP contribution in [-0.2, 0) is 29.6 Å². The van der Waals surface area contributed by atoms with Crippen LogP contribution in [0, 0.1) is 0 Å². The summed E-state index contributed by atoms with van der Waals surface area (Å²) in [5, 5.41) is 2.63. The molecule has 1 aliphatic heterocycles. The molecule has 2 heterocycles. The van der Waals surface area contributed by atoms with Gasteiger partial charge in [-0.2, -0.15) is 8.61 Å². The maximum Gasteiger partial charge on any atom is 0.245 e. The maximum absolute atomic E-state index is 13.0. The van der Waals surface area contributed by atoms with E-state index in [2.05, 4.69) is 10.3 Å². The Labute approximate surface area is 187 Å². The van der Waals surface area contributed by atoms with Gasteiger partial charge in [-0.15, -0.1) is 0 Å². The smallest absolute Gasteiger partial charge is 0.245 e. The molecule has 0 unspecified atom stereocenters. The maximum atomic E-state index is 13.0. The summed E-state index contributed by atoms with van der Waals surface area (Å²) in [6.45, 7) is 0.821. The summed E-state index contributed by atoms with van der Waals surface area (Å²) < 4.78 is 59.4. The van der Waals surface area contributed by atoms with Crippen molar-refractivity contribution in [1.82, 2.24) is 13.6 Å². The Morgan fingerprint density at radius 3 is 2.47 bits per heavy atom. The summed E-state index contributed by atoms with van der Waals surface area (Å²) >= 11 is 0. The standard InChI is InChI=1S/C20H24N4O6S2/c25-20(15-24(17-6-7-17)32(28,29)19-5-2-8-21-14-19)22-16-3-1-4-18(13-16)31(26,27)23-9-11-30-12-10-23/h1-5,8,13-14,17H,6-7,9-12,15H2,(H,22,25). The zero-order valence-corrected chi connectivity index (χ0v) is 18.9. The number of morpholine rings is 1. The molecule has 1 aliphatic carbocycles. The number of nitrogens with zero attached hydrogens (tertiary/aromatic N) is 3. The minimum atomic E-state index is -3.88. The van der Waals surface area contributed by atoms with Gasteiger partial charge in [-0.1, -0.05) is 6.07 Å². The topological polar surface area (TPSA) is 126 Å². The van der Waals surface area contributed by atoms with Crippen LogP contribution in [0.15, 0.2) is 58.6 Å². The summed E-state index contributed by atoms with van der Waals surface area (Å²) in [4.78, 5) is 16.6. The van der Waals surface area contributed by atoms with Crippen molar-refractivity contribution in [3.8, 4) is 0 Å². The molecule has 172 valence electrons. The van der Waals surface area contributed by atoms with Crippen molar-refractivity contribution >= 4 is 31.6 Å². The highest BCUT2D eigenvalue weighted by Gasteiger charge is 2.39. The van der Waals surface area contributed by atoms with Crippen molar-refractivity contribution < 1.29 is 26.4 Å². The van der Waals surface area contributed by atoms with Gasteiger partial charge in [-0.05, 0) is 43.2 Å². The van der Waals surface area contributed by atoms with Crippen molar-refractivity contribution in [2.75, 3.05) is 38.2 Å². The fraction of sp³-hybridized carbons (Fsp3) is 0.400. The number of benzene rings is 1. The third-order valence-electron chi connectivity index (χ3n) is 5.22. The quantitative estimate of drug-likeness (QED) is 0.595. The molecule has 1 aromatic carbocycles. The van der Waals surface area contributed by atoms with Crippen LogP contribution in [0.3, 0.4) is 0 Å². The molecule has 1 saturated carbocycles. The van der Waals surface area contributed by atoms with Gasteiger partial charge in [0.2, 0.25) is 26.0 Å². The molecule has 1 saturated heterocycles. The van der Waals surface area contributed by atoms with Gasteiger partial charge in [0.1, 0.15) is 4.90 Å². The van der Waals surface area contributed by atoms with Crippen LogP contribution in [0.4, 0.5) is 5.69 Å². The predicted molar refractivity (Wildman–Crippen MR) is 116 cm³/mol. The monoisotopic (exact) mass is 480 g/mol. The molecule has 0 radical (unpaired) electrons. The molecule has 4 rings (SSSR count). The Morgan fingerprint density at radius 1 is 1.09 bits per heavy atom. The van der Waals surface area contributed by atoms with Gasteiger partial charge in [0.05, 0.1) is 24.7 Å². The van der Waals surface area contributed by atoms with Crippen LogP contribution in [0.2, 0.25) is 0 Å². The van der Waals surface area contributed by atoms with E-state index >= 15 is 0 Å². The number of hydrogen-bond donors (Lipinski definition) is 1. The number of pyridine rings is 1. The number of nitrogens with one attached hydrogen (secondary N) is 1. The Kier molecular flexibility index (Phi) is 6.58. The fourth-order valence-electron chi connectivity index (χ4n) is 3.42. The molecule has 0 bridgehead atoms. The van der Waals surface area contributed by atoms with E-state index in [1.165, 1.54) is 51.3 Å². The van der Waals surface area contributed by atoms with Gasteiger partial charge in [0.25, 0.3) is 0 Å². The number of carbonyl (C=O) groups is 1. The first-order valence-electron chi connectivity index (χ1n) is 10.2. The van der Waals surface area contributed by atoms with E-state index < -0.39 is 26.0 Å². The normalized spacial score (nSPS) is 17.9. The molecular weight excluding hydrogens is 456 g/mol. The average molecular weight is 481 g/mol. The summed E-state index contributed by atoms with van der Waals surface area (Å²) in [5.74, 6) is -0.551. The first kappa shape index (κ1) is 22.8. The number of rotatable bonds is 8. The largest absolute Gasteiger partial charge is 0.379 e. The SMILES string of the molecule is O=C(CN(C1CC1)S(=O)(=O)c1cccnc1)Nc1cccc(S(=O)(=O)N2CCOCC2)c1. The van der Waals surface area contributed by atoms with Crippen LogP contribution in [0.1, 0.15) is 12.8 Å². The first-order chi connectivity index (χ1) is 15.3. The highest BCUT2D eigenvalue weighted by molar-refractivity contribution is 7.89. The van der Waals surface area contributed by atoms with E-state index in [1.54, 1.807) is 6.07 Å². The van der Waals surface area contributed by atoms with Gasteiger partial charge in [-0.25, -0.2) is 16.8 Å². The Morgan fingerprint density at radius 2 is 1.81 bits per heavy atom. The molecule has 1 amide bonds. The first-order valence-corrected chi connectivity index (χ1v) is 13.1.